The molecule has 0 aliphatic heterocycles. The largest absolute Gasteiger partial charge is 0.481 e. The first-order chi connectivity index (χ1) is 14.8. The topological polar surface area (TPSA) is 66.4 Å². The van der Waals surface area contributed by atoms with Crippen LogP contribution in [0.2, 0.25) is 0 Å². The molecular weight excluding hydrogens is 406 g/mol. The zero-order chi connectivity index (χ0) is 22.2. The zero-order valence-electron chi connectivity index (χ0n) is 18.7. The number of fused-ring (bicyclic) bond motifs is 3. The molecule has 3 aliphatic rings. The van der Waals surface area contributed by atoms with Crippen molar-refractivity contribution < 1.29 is 14.7 Å². The Labute approximate surface area is 188 Å². The number of hydrogen-bond acceptors (Lipinski definition) is 3. The van der Waals surface area contributed by atoms with Crippen molar-refractivity contribution in [3.63, 3.8) is 0 Å². The average molecular weight is 440 g/mol. The van der Waals surface area contributed by atoms with Crippen LogP contribution in [-0.4, -0.2) is 23.0 Å². The van der Waals surface area contributed by atoms with Gasteiger partial charge in [-0.25, -0.2) is 0 Å². The molecule has 1 aromatic heterocycles. The summed E-state index contributed by atoms with van der Waals surface area (Å²) < 4.78 is 1.16. The number of benzene rings is 1. The highest BCUT2D eigenvalue weighted by Gasteiger charge is 2.57. The van der Waals surface area contributed by atoms with E-state index in [9.17, 15) is 9.59 Å². The van der Waals surface area contributed by atoms with Gasteiger partial charge in [0.05, 0.1) is 5.56 Å². The molecule has 1 heterocycles. The minimum absolute atomic E-state index is 0.0522. The van der Waals surface area contributed by atoms with Crippen molar-refractivity contribution in [2.45, 2.75) is 65.3 Å². The Balaban J connectivity index is 1.45. The van der Waals surface area contributed by atoms with Gasteiger partial charge >= 0.3 is 5.97 Å². The second-order valence-electron chi connectivity index (χ2n) is 9.98. The van der Waals surface area contributed by atoms with E-state index in [-0.39, 0.29) is 18.4 Å². The van der Waals surface area contributed by atoms with Crippen molar-refractivity contribution in [2.24, 2.45) is 23.2 Å². The third kappa shape index (κ3) is 4.43. The maximum Gasteiger partial charge on any atom is 0.303 e. The third-order valence-corrected chi connectivity index (χ3v) is 8.71. The van der Waals surface area contributed by atoms with Gasteiger partial charge in [0.15, 0.2) is 0 Å². The highest BCUT2D eigenvalue weighted by molar-refractivity contribution is 7.17. The van der Waals surface area contributed by atoms with Crippen LogP contribution in [0.1, 0.15) is 68.3 Å². The second kappa shape index (κ2) is 8.78. The molecule has 2 N–H and O–H groups in total. The third-order valence-electron chi connectivity index (χ3n) is 7.74. The smallest absolute Gasteiger partial charge is 0.303 e. The Hall–Kier alpha value is -2.14. The summed E-state index contributed by atoms with van der Waals surface area (Å²) in [7, 11) is 0. The number of aliphatic carboxylic acids is 1. The fourth-order valence-corrected chi connectivity index (χ4v) is 6.67. The Morgan fingerprint density at radius 2 is 2.06 bits per heavy atom. The lowest BCUT2D eigenvalue weighted by Gasteiger charge is -2.62. The molecule has 5 heteroatoms. The highest BCUT2D eigenvalue weighted by atomic mass is 32.1. The van der Waals surface area contributed by atoms with E-state index < -0.39 is 5.97 Å². The van der Waals surface area contributed by atoms with E-state index in [1.165, 1.54) is 12.0 Å². The Kier molecular flexibility index (Phi) is 6.25. The maximum absolute atomic E-state index is 13.2. The number of thiophene rings is 1. The number of carboxylic acid groups (broad SMARTS) is 1. The van der Waals surface area contributed by atoms with Gasteiger partial charge in [0.25, 0.3) is 5.91 Å². The summed E-state index contributed by atoms with van der Waals surface area (Å²) in [5.41, 5.74) is 2.31. The van der Waals surface area contributed by atoms with Gasteiger partial charge in [-0.15, -0.1) is 11.3 Å². The van der Waals surface area contributed by atoms with Crippen LogP contribution in [0.3, 0.4) is 0 Å². The fraction of sp³-hybridized carbons (Fsp3) is 0.538. The lowest BCUT2D eigenvalue weighted by atomic mass is 9.44. The van der Waals surface area contributed by atoms with Crippen molar-refractivity contribution in [1.29, 1.82) is 0 Å². The molecule has 0 radical (unpaired) electrons. The predicted molar refractivity (Wildman–Crippen MR) is 127 cm³/mol. The number of nitrogens with one attached hydrogen (secondary N) is 1. The number of amides is 1. The summed E-state index contributed by atoms with van der Waals surface area (Å²) in [6.45, 7) is 6.82. The van der Waals surface area contributed by atoms with Gasteiger partial charge in [0.2, 0.25) is 0 Å². The summed E-state index contributed by atoms with van der Waals surface area (Å²) >= 11 is 1.63. The molecule has 3 saturated carbocycles. The SMILES string of the molecule is Cc1ccc2scc(C(=O)N[C@H]3C[C@H]4C[C@@H]([C@@H]3CC=CCCCC(=O)O)C4(C)C)c2c1. The summed E-state index contributed by atoms with van der Waals surface area (Å²) in [6, 6.07) is 6.51. The minimum atomic E-state index is -0.734. The van der Waals surface area contributed by atoms with Crippen molar-refractivity contribution in [1.82, 2.24) is 5.32 Å². The molecule has 2 bridgehead atoms. The minimum Gasteiger partial charge on any atom is -0.481 e. The predicted octanol–water partition coefficient (Wildman–Crippen LogP) is 6.19. The molecule has 1 amide bonds. The van der Waals surface area contributed by atoms with Crippen LogP contribution >= 0.6 is 11.3 Å². The Morgan fingerprint density at radius 3 is 2.81 bits per heavy atom. The molecule has 2 aromatic rings. The van der Waals surface area contributed by atoms with Gasteiger partial charge in [-0.2, -0.15) is 0 Å². The number of hydrogen-bond donors (Lipinski definition) is 2. The number of rotatable bonds is 8. The van der Waals surface area contributed by atoms with Crippen molar-refractivity contribution >= 4 is 33.3 Å². The molecule has 4 atom stereocenters. The van der Waals surface area contributed by atoms with Gasteiger partial charge in [0.1, 0.15) is 0 Å². The van der Waals surface area contributed by atoms with Gasteiger partial charge in [-0.05, 0) is 74.3 Å². The molecule has 4 nitrogen and oxygen atoms in total. The normalized spacial score (nSPS) is 26.7. The molecule has 0 spiro atoms. The first-order valence-corrected chi connectivity index (χ1v) is 12.3. The number of carbonyl (C=O) groups is 2. The van der Waals surface area contributed by atoms with E-state index in [1.807, 2.05) is 5.38 Å². The van der Waals surface area contributed by atoms with Crippen LogP contribution in [0.25, 0.3) is 10.1 Å². The molecule has 3 aliphatic carbocycles. The van der Waals surface area contributed by atoms with E-state index in [1.54, 1.807) is 11.3 Å². The van der Waals surface area contributed by atoms with E-state index >= 15 is 0 Å². The molecular formula is C26H33NO3S. The van der Waals surface area contributed by atoms with Crippen molar-refractivity contribution in [2.75, 3.05) is 0 Å². The van der Waals surface area contributed by atoms with Crippen LogP contribution in [0.15, 0.2) is 35.7 Å². The van der Waals surface area contributed by atoms with Crippen LogP contribution < -0.4 is 5.32 Å². The summed E-state index contributed by atoms with van der Waals surface area (Å²) in [5.74, 6) is 1.06. The number of unbranched alkanes of at least 4 members (excludes halogenated alkanes) is 1. The monoisotopic (exact) mass is 439 g/mol. The molecule has 3 fully saturated rings. The van der Waals surface area contributed by atoms with E-state index in [0.717, 1.165) is 34.9 Å². The summed E-state index contributed by atoms with van der Waals surface area (Å²) in [6.07, 6.45) is 9.29. The van der Waals surface area contributed by atoms with Crippen LogP contribution in [0.4, 0.5) is 0 Å². The standard InChI is InChI=1S/C26H33NO3S/c1-16-10-11-23-19(12-16)20(15-31-23)25(30)27-22-14-17-13-21(26(17,2)3)18(22)8-6-4-5-7-9-24(28)29/h4,6,10-12,15,17-18,21-22H,5,7-9,13-14H2,1-3H3,(H,27,30)(H,28,29)/t17-,18+,21+,22+/m1/s1. The van der Waals surface area contributed by atoms with E-state index in [4.69, 9.17) is 5.11 Å². The zero-order valence-corrected chi connectivity index (χ0v) is 19.5. The molecule has 0 saturated heterocycles. The van der Waals surface area contributed by atoms with Gasteiger partial charge in [0, 0.05) is 27.9 Å². The van der Waals surface area contributed by atoms with E-state index in [0.29, 0.717) is 29.6 Å². The number of carbonyl (C=O) groups excluding carboxylic acids is 1. The van der Waals surface area contributed by atoms with Crippen molar-refractivity contribution in [3.8, 4) is 0 Å². The van der Waals surface area contributed by atoms with Gasteiger partial charge in [-0.1, -0.05) is 37.6 Å². The lowest BCUT2D eigenvalue weighted by molar-refractivity contribution is -0.137. The quantitative estimate of drug-likeness (QED) is 0.381. The fourth-order valence-electron chi connectivity index (χ4n) is 5.75. The maximum atomic E-state index is 13.2. The summed E-state index contributed by atoms with van der Waals surface area (Å²) in [4.78, 5) is 23.9. The number of aryl methyl sites for hydroxylation is 1. The second-order valence-corrected chi connectivity index (χ2v) is 10.9. The van der Waals surface area contributed by atoms with Gasteiger partial charge in [-0.3, -0.25) is 9.59 Å². The number of allylic oxidation sites excluding steroid dienone is 2. The molecule has 31 heavy (non-hydrogen) atoms. The molecule has 1 aromatic carbocycles. The van der Waals surface area contributed by atoms with Crippen LogP contribution in [-0.2, 0) is 4.79 Å². The van der Waals surface area contributed by atoms with Crippen LogP contribution in [0, 0.1) is 30.1 Å². The summed E-state index contributed by atoms with van der Waals surface area (Å²) in [5, 5.41) is 15.2. The highest BCUT2D eigenvalue weighted by Crippen LogP contribution is 2.62. The number of carboxylic acids is 1. The Morgan fingerprint density at radius 1 is 1.26 bits per heavy atom. The van der Waals surface area contributed by atoms with Crippen LogP contribution in [0.5, 0.6) is 0 Å². The first kappa shape index (κ1) is 22.1. The Bertz CT molecular complexity index is 1010. The molecule has 166 valence electrons. The molecule has 0 unspecified atom stereocenters. The molecule has 5 rings (SSSR count). The van der Waals surface area contributed by atoms with Crippen molar-refractivity contribution in [3.05, 3.63) is 46.9 Å². The van der Waals surface area contributed by atoms with E-state index in [2.05, 4.69) is 56.4 Å². The average Bonchev–Trinajstić information content (AvgIpc) is 3.13. The first-order valence-electron chi connectivity index (χ1n) is 11.4. The lowest BCUT2D eigenvalue weighted by Crippen LogP contribution is -2.61. The van der Waals surface area contributed by atoms with Gasteiger partial charge < -0.3 is 10.4 Å².